The van der Waals surface area contributed by atoms with Crippen LogP contribution >= 0.6 is 0 Å². The number of aliphatic carboxylic acids is 1. The summed E-state index contributed by atoms with van der Waals surface area (Å²) >= 11 is 0. The number of nitrogens with one attached hydrogen (secondary N) is 2. The van der Waals surface area contributed by atoms with Gasteiger partial charge in [-0.05, 0) is 18.4 Å². The number of nitrogens with zero attached hydrogens (tertiary/aromatic N) is 2. The zero-order chi connectivity index (χ0) is 14.7. The first-order chi connectivity index (χ1) is 10.2. The van der Waals surface area contributed by atoms with Crippen molar-refractivity contribution in [3.63, 3.8) is 0 Å². The maximum absolute atomic E-state index is 11.5. The molecule has 0 aliphatic heterocycles. The topological polar surface area (TPSA) is 90.9 Å². The Morgan fingerprint density at radius 3 is 2.95 bits per heavy atom. The summed E-state index contributed by atoms with van der Waals surface area (Å²) in [5.41, 5.74) is 0.717. The summed E-state index contributed by atoms with van der Waals surface area (Å²) in [5.74, 6) is 0.267. The Hall–Kier alpha value is -2.11. The highest BCUT2D eigenvalue weighted by atomic mass is 16.4. The van der Waals surface area contributed by atoms with Crippen molar-refractivity contribution in [1.29, 1.82) is 0 Å². The molecule has 1 atom stereocenters. The van der Waals surface area contributed by atoms with Crippen LogP contribution in [-0.2, 0) is 4.79 Å². The lowest BCUT2D eigenvalue weighted by atomic mass is 9.85. The number of carbonyl (C=O) groups is 1. The van der Waals surface area contributed by atoms with Gasteiger partial charge in [-0.3, -0.25) is 0 Å². The maximum atomic E-state index is 11.5. The summed E-state index contributed by atoms with van der Waals surface area (Å²) in [7, 11) is 0. The van der Waals surface area contributed by atoms with Gasteiger partial charge in [0.15, 0.2) is 0 Å². The van der Waals surface area contributed by atoms with E-state index < -0.39 is 12.0 Å². The van der Waals surface area contributed by atoms with Crippen LogP contribution in [-0.4, -0.2) is 32.1 Å². The van der Waals surface area contributed by atoms with Crippen LogP contribution in [0.1, 0.15) is 38.5 Å². The molecule has 0 radical (unpaired) electrons. The number of fused-ring (bicyclic) bond motifs is 1. The van der Waals surface area contributed by atoms with Crippen LogP contribution in [0.2, 0.25) is 0 Å². The number of H-pyrrole nitrogens is 1. The summed E-state index contributed by atoms with van der Waals surface area (Å²) in [5, 5.41) is 13.4. The molecule has 6 heteroatoms. The summed E-state index contributed by atoms with van der Waals surface area (Å²) in [6.45, 7) is 0. The predicted molar refractivity (Wildman–Crippen MR) is 80.1 cm³/mol. The molecule has 112 valence electrons. The molecule has 0 amide bonds. The predicted octanol–water partition coefficient (Wildman–Crippen LogP) is 2.79. The van der Waals surface area contributed by atoms with E-state index in [1.54, 1.807) is 6.20 Å². The molecule has 0 spiro atoms. The van der Waals surface area contributed by atoms with Gasteiger partial charge in [0.1, 0.15) is 23.8 Å². The van der Waals surface area contributed by atoms with E-state index in [2.05, 4.69) is 20.3 Å². The van der Waals surface area contributed by atoms with E-state index >= 15 is 0 Å². The lowest BCUT2D eigenvalue weighted by molar-refractivity contribution is -0.138. The van der Waals surface area contributed by atoms with Crippen LogP contribution in [0.25, 0.3) is 11.0 Å². The van der Waals surface area contributed by atoms with Crippen molar-refractivity contribution >= 4 is 22.8 Å². The van der Waals surface area contributed by atoms with Crippen molar-refractivity contribution in [3.05, 3.63) is 18.6 Å². The number of aromatic nitrogens is 3. The van der Waals surface area contributed by atoms with E-state index in [0.29, 0.717) is 23.8 Å². The summed E-state index contributed by atoms with van der Waals surface area (Å²) < 4.78 is 0. The molecule has 0 bridgehead atoms. The van der Waals surface area contributed by atoms with E-state index in [4.69, 9.17) is 0 Å². The minimum Gasteiger partial charge on any atom is -0.480 e. The molecule has 2 aromatic rings. The summed E-state index contributed by atoms with van der Waals surface area (Å²) in [4.78, 5) is 22.8. The molecule has 2 heterocycles. The third-order valence-electron chi connectivity index (χ3n) is 4.26. The fourth-order valence-electron chi connectivity index (χ4n) is 3.13. The van der Waals surface area contributed by atoms with E-state index in [1.165, 1.54) is 25.6 Å². The van der Waals surface area contributed by atoms with Crippen molar-refractivity contribution in [1.82, 2.24) is 15.0 Å². The largest absolute Gasteiger partial charge is 0.480 e. The van der Waals surface area contributed by atoms with Crippen molar-refractivity contribution in [2.75, 3.05) is 5.32 Å². The van der Waals surface area contributed by atoms with Gasteiger partial charge in [0, 0.05) is 6.20 Å². The first-order valence-electron chi connectivity index (χ1n) is 7.51. The standard InChI is InChI=1S/C15H20N4O2/c20-15(21)12(8-10-4-2-1-3-5-10)19-14-11-6-7-16-13(11)17-9-18-14/h6-7,9-10,12H,1-5,8H2,(H,20,21)(H2,16,17,18,19)/t12-/m0/s1. The molecule has 21 heavy (non-hydrogen) atoms. The van der Waals surface area contributed by atoms with E-state index in [1.807, 2.05) is 6.07 Å². The Bertz CT molecular complexity index is 619. The SMILES string of the molecule is O=C(O)[C@H](CC1CCCCC1)Nc1ncnc2[nH]ccc12. The second-order valence-corrected chi connectivity index (χ2v) is 5.74. The number of aromatic amines is 1. The van der Waals surface area contributed by atoms with Gasteiger partial charge in [-0.15, -0.1) is 0 Å². The van der Waals surface area contributed by atoms with Gasteiger partial charge >= 0.3 is 5.97 Å². The molecule has 1 fully saturated rings. The molecular formula is C15H20N4O2. The van der Waals surface area contributed by atoms with Crippen molar-refractivity contribution in [2.45, 2.75) is 44.6 Å². The Kier molecular flexibility index (Phi) is 4.03. The highest BCUT2D eigenvalue weighted by Crippen LogP contribution is 2.28. The lowest BCUT2D eigenvalue weighted by Gasteiger charge is -2.25. The van der Waals surface area contributed by atoms with Crippen LogP contribution in [0, 0.1) is 5.92 Å². The van der Waals surface area contributed by atoms with Gasteiger partial charge in [-0.2, -0.15) is 0 Å². The van der Waals surface area contributed by atoms with Gasteiger partial charge in [-0.25, -0.2) is 14.8 Å². The van der Waals surface area contributed by atoms with Crippen molar-refractivity contribution < 1.29 is 9.90 Å². The third kappa shape index (κ3) is 3.15. The second kappa shape index (κ2) is 6.11. The van der Waals surface area contributed by atoms with Crippen LogP contribution in [0.15, 0.2) is 18.6 Å². The Morgan fingerprint density at radius 1 is 1.38 bits per heavy atom. The molecule has 1 aliphatic rings. The van der Waals surface area contributed by atoms with Crippen LogP contribution < -0.4 is 5.32 Å². The van der Waals surface area contributed by atoms with Gasteiger partial charge in [0.25, 0.3) is 0 Å². The Balaban J connectivity index is 1.75. The fourth-order valence-corrected chi connectivity index (χ4v) is 3.13. The number of carboxylic acid groups (broad SMARTS) is 1. The van der Waals surface area contributed by atoms with Crippen LogP contribution in [0.4, 0.5) is 5.82 Å². The third-order valence-corrected chi connectivity index (χ3v) is 4.26. The van der Waals surface area contributed by atoms with Crippen molar-refractivity contribution in [2.24, 2.45) is 5.92 Å². The quantitative estimate of drug-likeness (QED) is 0.787. The Morgan fingerprint density at radius 2 is 2.19 bits per heavy atom. The zero-order valence-corrected chi connectivity index (χ0v) is 11.9. The summed E-state index contributed by atoms with van der Waals surface area (Å²) in [6.07, 6.45) is 9.85. The number of rotatable bonds is 5. The van der Waals surface area contributed by atoms with Gasteiger partial charge in [0.2, 0.25) is 0 Å². The monoisotopic (exact) mass is 288 g/mol. The smallest absolute Gasteiger partial charge is 0.326 e. The molecule has 3 N–H and O–H groups in total. The number of carboxylic acids is 1. The molecule has 1 saturated carbocycles. The first-order valence-corrected chi connectivity index (χ1v) is 7.51. The molecule has 6 nitrogen and oxygen atoms in total. The number of hydrogen-bond acceptors (Lipinski definition) is 4. The maximum Gasteiger partial charge on any atom is 0.326 e. The molecule has 0 saturated heterocycles. The van der Waals surface area contributed by atoms with E-state index in [-0.39, 0.29) is 0 Å². The molecule has 0 unspecified atom stereocenters. The lowest BCUT2D eigenvalue weighted by Crippen LogP contribution is -2.32. The highest BCUT2D eigenvalue weighted by Gasteiger charge is 2.24. The van der Waals surface area contributed by atoms with Crippen LogP contribution in [0.3, 0.4) is 0 Å². The highest BCUT2D eigenvalue weighted by molar-refractivity contribution is 5.89. The minimum absolute atomic E-state index is 0.496. The molecule has 2 aromatic heterocycles. The fraction of sp³-hybridized carbons (Fsp3) is 0.533. The molecule has 3 rings (SSSR count). The molecular weight excluding hydrogens is 268 g/mol. The van der Waals surface area contributed by atoms with Crippen LogP contribution in [0.5, 0.6) is 0 Å². The minimum atomic E-state index is -0.817. The Labute approximate surface area is 123 Å². The normalized spacial score (nSPS) is 17.7. The number of hydrogen-bond donors (Lipinski definition) is 3. The van der Waals surface area contributed by atoms with Crippen molar-refractivity contribution in [3.8, 4) is 0 Å². The van der Waals surface area contributed by atoms with Gasteiger partial charge in [0.05, 0.1) is 5.39 Å². The van der Waals surface area contributed by atoms with E-state index in [0.717, 1.165) is 18.2 Å². The second-order valence-electron chi connectivity index (χ2n) is 5.74. The molecule has 0 aromatic carbocycles. The number of anilines is 1. The van der Waals surface area contributed by atoms with Gasteiger partial charge < -0.3 is 15.4 Å². The first kappa shape index (κ1) is 13.9. The average Bonchev–Trinajstić information content (AvgIpc) is 2.97. The molecule has 1 aliphatic carbocycles. The average molecular weight is 288 g/mol. The summed E-state index contributed by atoms with van der Waals surface area (Å²) in [6, 6.07) is 1.26. The van der Waals surface area contributed by atoms with E-state index in [9.17, 15) is 9.90 Å². The van der Waals surface area contributed by atoms with Gasteiger partial charge in [-0.1, -0.05) is 32.1 Å². The zero-order valence-electron chi connectivity index (χ0n) is 11.9.